The number of hydrogen-bond donors (Lipinski definition) is 1. The van der Waals surface area contributed by atoms with Gasteiger partial charge in [0.1, 0.15) is 5.82 Å². The van der Waals surface area contributed by atoms with Crippen LogP contribution in [-0.4, -0.2) is 74.4 Å². The van der Waals surface area contributed by atoms with Gasteiger partial charge in [0, 0.05) is 45.8 Å². The second-order valence-corrected chi connectivity index (χ2v) is 7.10. The van der Waals surface area contributed by atoms with Gasteiger partial charge in [0.2, 0.25) is 0 Å². The fourth-order valence-corrected chi connectivity index (χ4v) is 3.50. The Morgan fingerprint density at radius 1 is 1.44 bits per heavy atom. The second-order valence-electron chi connectivity index (χ2n) is 6.72. The van der Waals surface area contributed by atoms with Gasteiger partial charge in [0.15, 0.2) is 0 Å². The molecule has 0 saturated carbocycles. The molecule has 1 heterocycles. The highest BCUT2D eigenvalue weighted by atomic mass is 35.5. The zero-order valence-corrected chi connectivity index (χ0v) is 15.7. The first-order valence-electron chi connectivity index (χ1n) is 8.41. The molecule has 7 heteroatoms. The maximum absolute atomic E-state index is 14.2. The van der Waals surface area contributed by atoms with Gasteiger partial charge < -0.3 is 19.6 Å². The highest BCUT2D eigenvalue weighted by Gasteiger charge is 2.37. The summed E-state index contributed by atoms with van der Waals surface area (Å²) in [7, 11) is 3.63. The summed E-state index contributed by atoms with van der Waals surface area (Å²) >= 11 is 6.16. The van der Waals surface area contributed by atoms with Crippen LogP contribution in [0.15, 0.2) is 12.1 Å². The van der Waals surface area contributed by atoms with Crippen LogP contribution in [0.2, 0.25) is 5.02 Å². The Morgan fingerprint density at radius 3 is 2.76 bits per heavy atom. The number of nitrogens with zero attached hydrogens (tertiary/aromatic N) is 2. The lowest BCUT2D eigenvalue weighted by atomic mass is 9.96. The third-order valence-electron chi connectivity index (χ3n) is 4.82. The van der Waals surface area contributed by atoms with Gasteiger partial charge in [-0.25, -0.2) is 4.39 Å². The Bertz CT molecular complexity index is 614. The van der Waals surface area contributed by atoms with Crippen LogP contribution < -0.4 is 0 Å². The smallest absolute Gasteiger partial charge is 0.258 e. The number of halogens is 2. The highest BCUT2D eigenvalue weighted by Crippen LogP contribution is 2.29. The van der Waals surface area contributed by atoms with E-state index in [-0.39, 0.29) is 29.0 Å². The number of carbonyl (C=O) groups excluding carboxylic acids is 1. The minimum Gasteiger partial charge on any atom is -0.396 e. The third kappa shape index (κ3) is 4.70. The van der Waals surface area contributed by atoms with E-state index in [2.05, 4.69) is 4.90 Å². The molecule has 1 saturated heterocycles. The Labute approximate surface area is 153 Å². The summed E-state index contributed by atoms with van der Waals surface area (Å²) in [6.45, 7) is 4.76. The van der Waals surface area contributed by atoms with Crippen molar-refractivity contribution in [2.75, 3.05) is 53.6 Å². The van der Waals surface area contributed by atoms with Crippen LogP contribution >= 0.6 is 11.6 Å². The van der Waals surface area contributed by atoms with Crippen LogP contribution in [0.1, 0.15) is 15.9 Å². The van der Waals surface area contributed by atoms with Crippen molar-refractivity contribution in [1.82, 2.24) is 9.80 Å². The van der Waals surface area contributed by atoms with Crippen LogP contribution in [0, 0.1) is 24.6 Å². The number of carbonyl (C=O) groups is 1. The van der Waals surface area contributed by atoms with Crippen molar-refractivity contribution in [2.24, 2.45) is 11.8 Å². The summed E-state index contributed by atoms with van der Waals surface area (Å²) in [4.78, 5) is 16.5. The minimum atomic E-state index is -0.609. The number of aryl methyl sites for hydroxylation is 1. The summed E-state index contributed by atoms with van der Waals surface area (Å²) in [5.41, 5.74) is 0.590. The fraction of sp³-hybridized carbons (Fsp3) is 0.611. The molecule has 140 valence electrons. The molecule has 1 amide bonds. The van der Waals surface area contributed by atoms with Gasteiger partial charge >= 0.3 is 0 Å². The van der Waals surface area contributed by atoms with Gasteiger partial charge in [0.25, 0.3) is 5.91 Å². The lowest BCUT2D eigenvalue weighted by Crippen LogP contribution is -2.34. The molecule has 2 atom stereocenters. The molecule has 1 aliphatic rings. The summed E-state index contributed by atoms with van der Waals surface area (Å²) in [6, 6.07) is 2.83. The maximum Gasteiger partial charge on any atom is 0.258 e. The Morgan fingerprint density at radius 2 is 2.12 bits per heavy atom. The Kier molecular flexibility index (Phi) is 7.19. The number of aliphatic hydroxyl groups excluding tert-OH is 1. The summed E-state index contributed by atoms with van der Waals surface area (Å²) < 4.78 is 19.2. The third-order valence-corrected chi connectivity index (χ3v) is 5.31. The van der Waals surface area contributed by atoms with Crippen molar-refractivity contribution in [3.8, 4) is 0 Å². The topological polar surface area (TPSA) is 53.0 Å². The van der Waals surface area contributed by atoms with Gasteiger partial charge in [-0.05, 0) is 31.5 Å². The van der Waals surface area contributed by atoms with Crippen LogP contribution in [0.25, 0.3) is 0 Å². The molecule has 1 N–H and O–H groups in total. The van der Waals surface area contributed by atoms with Crippen molar-refractivity contribution in [1.29, 1.82) is 0 Å². The molecule has 2 rings (SSSR count). The number of likely N-dealkylation sites (N-methyl/N-ethyl adjacent to an activating group) is 1. The maximum atomic E-state index is 14.2. The van der Waals surface area contributed by atoms with E-state index in [4.69, 9.17) is 16.3 Å². The van der Waals surface area contributed by atoms with E-state index < -0.39 is 11.7 Å². The molecule has 0 bridgehead atoms. The normalized spacial score (nSPS) is 20.5. The number of benzene rings is 1. The number of methoxy groups -OCH3 is 1. The zero-order chi connectivity index (χ0) is 18.6. The Balaban J connectivity index is 2.11. The number of hydrogen-bond acceptors (Lipinski definition) is 4. The largest absolute Gasteiger partial charge is 0.396 e. The number of ether oxygens (including phenoxy) is 1. The van der Waals surface area contributed by atoms with Gasteiger partial charge in [0.05, 0.1) is 17.2 Å². The molecule has 25 heavy (non-hydrogen) atoms. The standard InChI is InChI=1S/C18H26ClFN2O3/c1-12-4-5-15(20)16(17(12)19)18(24)22-9-13(14(10-22)11-23)8-21(2)6-7-25-3/h4-5,13-14,23H,6-11H2,1-3H3. The van der Waals surface area contributed by atoms with E-state index in [1.165, 1.54) is 6.07 Å². The molecule has 0 radical (unpaired) electrons. The SMILES string of the molecule is COCCN(C)CC1CN(C(=O)c2c(F)ccc(C)c2Cl)CC1CO. The lowest BCUT2D eigenvalue weighted by Gasteiger charge is -2.23. The van der Waals surface area contributed by atoms with E-state index in [9.17, 15) is 14.3 Å². The first-order chi connectivity index (χ1) is 11.9. The molecule has 2 unspecified atom stereocenters. The van der Waals surface area contributed by atoms with Gasteiger partial charge in [-0.15, -0.1) is 0 Å². The zero-order valence-electron chi connectivity index (χ0n) is 15.0. The van der Waals surface area contributed by atoms with E-state index >= 15 is 0 Å². The average Bonchev–Trinajstić information content (AvgIpc) is 2.99. The first-order valence-corrected chi connectivity index (χ1v) is 8.79. The number of amides is 1. The van der Waals surface area contributed by atoms with Crippen molar-refractivity contribution in [3.63, 3.8) is 0 Å². The summed E-state index contributed by atoms with van der Waals surface area (Å²) in [5, 5.41) is 9.83. The van der Waals surface area contributed by atoms with Crippen LogP contribution in [0.4, 0.5) is 4.39 Å². The molecule has 0 aliphatic carbocycles. The molecular formula is C18H26ClFN2O3. The van der Waals surface area contributed by atoms with E-state index in [0.29, 0.717) is 25.3 Å². The molecule has 0 aromatic heterocycles. The van der Waals surface area contributed by atoms with E-state index in [1.54, 1.807) is 25.0 Å². The molecule has 5 nitrogen and oxygen atoms in total. The van der Waals surface area contributed by atoms with Gasteiger partial charge in [-0.2, -0.15) is 0 Å². The molecule has 1 aromatic carbocycles. The molecule has 1 aromatic rings. The predicted molar refractivity (Wildman–Crippen MR) is 95.5 cm³/mol. The molecule has 1 aliphatic heterocycles. The quantitative estimate of drug-likeness (QED) is 0.796. The number of aliphatic hydroxyl groups is 1. The lowest BCUT2D eigenvalue weighted by molar-refractivity contribution is 0.0774. The van der Waals surface area contributed by atoms with Crippen molar-refractivity contribution in [3.05, 3.63) is 34.1 Å². The monoisotopic (exact) mass is 372 g/mol. The Hall–Kier alpha value is -1.21. The minimum absolute atomic E-state index is 0.00338. The summed E-state index contributed by atoms with van der Waals surface area (Å²) in [6.07, 6.45) is 0. The van der Waals surface area contributed by atoms with Crippen LogP contribution in [0.3, 0.4) is 0 Å². The van der Waals surface area contributed by atoms with Crippen molar-refractivity contribution < 1.29 is 19.0 Å². The van der Waals surface area contributed by atoms with Crippen molar-refractivity contribution in [2.45, 2.75) is 6.92 Å². The molecular weight excluding hydrogens is 347 g/mol. The van der Waals surface area contributed by atoms with Gasteiger partial charge in [-0.3, -0.25) is 4.79 Å². The first kappa shape index (κ1) is 20.1. The fourth-order valence-electron chi connectivity index (χ4n) is 3.27. The van der Waals surface area contributed by atoms with Crippen molar-refractivity contribution >= 4 is 17.5 Å². The van der Waals surface area contributed by atoms with Crippen LogP contribution in [0.5, 0.6) is 0 Å². The highest BCUT2D eigenvalue weighted by molar-refractivity contribution is 6.34. The summed E-state index contributed by atoms with van der Waals surface area (Å²) in [5.74, 6) is -0.920. The average molecular weight is 373 g/mol. The second kappa shape index (κ2) is 8.94. The molecule has 1 fully saturated rings. The molecule has 0 spiro atoms. The van der Waals surface area contributed by atoms with Gasteiger partial charge in [-0.1, -0.05) is 17.7 Å². The van der Waals surface area contributed by atoms with E-state index in [1.807, 2.05) is 7.05 Å². The predicted octanol–water partition coefficient (Wildman–Crippen LogP) is 2.05. The van der Waals surface area contributed by atoms with E-state index in [0.717, 1.165) is 13.1 Å². The number of likely N-dealkylation sites (tertiary alicyclic amines) is 1. The van der Waals surface area contributed by atoms with Crippen LogP contribution in [-0.2, 0) is 4.74 Å². The number of rotatable bonds is 7.